The lowest BCUT2D eigenvalue weighted by atomic mass is 10.1. The molecule has 1 aliphatic rings. The fraction of sp³-hybridized carbons (Fsp3) is 0.538. The van der Waals surface area contributed by atoms with Gasteiger partial charge in [-0.3, -0.25) is 0 Å². The van der Waals surface area contributed by atoms with Crippen molar-refractivity contribution in [1.82, 2.24) is 4.90 Å². The van der Waals surface area contributed by atoms with Crippen LogP contribution in [-0.2, 0) is 12.8 Å². The van der Waals surface area contributed by atoms with Crippen molar-refractivity contribution in [2.24, 2.45) is 0 Å². The van der Waals surface area contributed by atoms with E-state index >= 15 is 0 Å². The Morgan fingerprint density at radius 1 is 1.16 bits per heavy atom. The first-order chi connectivity index (χ1) is 8.91. The monoisotopic (exact) mass is 274 g/mol. The molecule has 0 aliphatic carbocycles. The summed E-state index contributed by atoms with van der Waals surface area (Å²) in [4.78, 5) is 3.84. The summed E-state index contributed by atoms with van der Waals surface area (Å²) in [5, 5.41) is 8.98. The first-order valence-corrected chi connectivity index (χ1v) is 6.16. The maximum atomic E-state index is 13.1. The standard InChI is InChI=1S/C13H17F3N2O/c1-17-4-6-18(7-5-17)12-3-2-10(9-19)8-11(12)13(14,15)16/h2-3,8,19H,4-7,9H2,1H3. The molecule has 0 amide bonds. The van der Waals surface area contributed by atoms with Crippen LogP contribution in [0.4, 0.5) is 18.9 Å². The van der Waals surface area contributed by atoms with Gasteiger partial charge in [-0.25, -0.2) is 0 Å². The van der Waals surface area contributed by atoms with Crippen LogP contribution in [0.2, 0.25) is 0 Å². The van der Waals surface area contributed by atoms with E-state index in [-0.39, 0.29) is 17.9 Å². The molecule has 0 bridgehead atoms. The Morgan fingerprint density at radius 3 is 2.32 bits per heavy atom. The Hall–Kier alpha value is -1.27. The summed E-state index contributed by atoms with van der Waals surface area (Å²) in [6.45, 7) is 2.28. The summed E-state index contributed by atoms with van der Waals surface area (Å²) < 4.78 is 39.2. The topological polar surface area (TPSA) is 26.7 Å². The van der Waals surface area contributed by atoms with E-state index in [9.17, 15) is 13.2 Å². The van der Waals surface area contributed by atoms with Crippen molar-refractivity contribution >= 4 is 5.69 Å². The SMILES string of the molecule is CN1CCN(c2ccc(CO)cc2C(F)(F)F)CC1. The largest absolute Gasteiger partial charge is 0.418 e. The van der Waals surface area contributed by atoms with Crippen molar-refractivity contribution in [2.75, 3.05) is 38.1 Å². The van der Waals surface area contributed by atoms with E-state index in [4.69, 9.17) is 5.11 Å². The first-order valence-electron chi connectivity index (χ1n) is 6.16. The third-order valence-corrected chi connectivity index (χ3v) is 3.39. The molecule has 0 saturated carbocycles. The highest BCUT2D eigenvalue weighted by atomic mass is 19.4. The van der Waals surface area contributed by atoms with Crippen LogP contribution >= 0.6 is 0 Å². The van der Waals surface area contributed by atoms with Gasteiger partial charge in [-0.2, -0.15) is 13.2 Å². The van der Waals surface area contributed by atoms with Crippen molar-refractivity contribution in [3.63, 3.8) is 0 Å². The molecule has 1 aliphatic heterocycles. The average molecular weight is 274 g/mol. The Bertz CT molecular complexity index is 440. The predicted molar refractivity (Wildman–Crippen MR) is 67.1 cm³/mol. The number of alkyl halides is 3. The van der Waals surface area contributed by atoms with Crippen LogP contribution in [-0.4, -0.2) is 43.2 Å². The van der Waals surface area contributed by atoms with Gasteiger partial charge >= 0.3 is 6.18 Å². The lowest BCUT2D eigenvalue weighted by Gasteiger charge is -2.35. The molecule has 0 spiro atoms. The maximum Gasteiger partial charge on any atom is 0.418 e. The zero-order valence-electron chi connectivity index (χ0n) is 10.7. The second-order valence-corrected chi connectivity index (χ2v) is 4.80. The van der Waals surface area contributed by atoms with Crippen molar-refractivity contribution in [3.05, 3.63) is 29.3 Å². The summed E-state index contributed by atoms with van der Waals surface area (Å²) >= 11 is 0. The van der Waals surface area contributed by atoms with E-state index in [1.807, 2.05) is 7.05 Å². The Morgan fingerprint density at radius 2 is 1.79 bits per heavy atom. The van der Waals surface area contributed by atoms with E-state index in [0.29, 0.717) is 13.1 Å². The summed E-state index contributed by atoms with van der Waals surface area (Å²) in [6, 6.07) is 4.04. The minimum atomic E-state index is -4.40. The second kappa shape index (κ2) is 5.38. The minimum Gasteiger partial charge on any atom is -0.392 e. The molecule has 0 unspecified atom stereocenters. The highest BCUT2D eigenvalue weighted by Gasteiger charge is 2.35. The molecule has 1 N–H and O–H groups in total. The Labute approximate surface area is 110 Å². The maximum absolute atomic E-state index is 13.1. The molecule has 1 saturated heterocycles. The van der Waals surface area contributed by atoms with Gasteiger partial charge in [0.1, 0.15) is 0 Å². The lowest BCUT2D eigenvalue weighted by molar-refractivity contribution is -0.137. The van der Waals surface area contributed by atoms with E-state index in [1.54, 1.807) is 11.0 Å². The number of rotatable bonds is 2. The molecule has 106 valence electrons. The number of likely N-dealkylation sites (N-methyl/N-ethyl adjacent to an activating group) is 1. The summed E-state index contributed by atoms with van der Waals surface area (Å²) in [5.74, 6) is 0. The van der Waals surface area contributed by atoms with Gasteiger partial charge in [0.15, 0.2) is 0 Å². The smallest absolute Gasteiger partial charge is 0.392 e. The molecular formula is C13H17F3N2O. The molecule has 3 nitrogen and oxygen atoms in total. The highest BCUT2D eigenvalue weighted by Crippen LogP contribution is 2.37. The van der Waals surface area contributed by atoms with Crippen molar-refractivity contribution in [2.45, 2.75) is 12.8 Å². The molecule has 19 heavy (non-hydrogen) atoms. The number of benzene rings is 1. The molecule has 1 fully saturated rings. The number of aliphatic hydroxyl groups excluding tert-OH is 1. The fourth-order valence-corrected chi connectivity index (χ4v) is 2.23. The van der Waals surface area contributed by atoms with Crippen LogP contribution in [0.3, 0.4) is 0 Å². The number of nitrogens with zero attached hydrogens (tertiary/aromatic N) is 2. The van der Waals surface area contributed by atoms with E-state index in [1.165, 1.54) is 6.07 Å². The van der Waals surface area contributed by atoms with Crippen molar-refractivity contribution in [3.8, 4) is 0 Å². The fourth-order valence-electron chi connectivity index (χ4n) is 2.23. The van der Waals surface area contributed by atoms with Crippen LogP contribution in [0.25, 0.3) is 0 Å². The van der Waals surface area contributed by atoms with Crippen LogP contribution in [0, 0.1) is 0 Å². The molecule has 2 rings (SSSR count). The van der Waals surface area contributed by atoms with Gasteiger partial charge in [0.2, 0.25) is 0 Å². The van der Waals surface area contributed by atoms with Gasteiger partial charge in [0.05, 0.1) is 12.2 Å². The van der Waals surface area contributed by atoms with Gasteiger partial charge in [-0.05, 0) is 24.7 Å². The highest BCUT2D eigenvalue weighted by molar-refractivity contribution is 5.56. The number of anilines is 1. The summed E-state index contributed by atoms with van der Waals surface area (Å²) in [7, 11) is 1.96. The summed E-state index contributed by atoms with van der Waals surface area (Å²) in [6.07, 6.45) is -4.40. The van der Waals surface area contributed by atoms with Crippen LogP contribution in [0.1, 0.15) is 11.1 Å². The first kappa shape index (κ1) is 14.1. The minimum absolute atomic E-state index is 0.206. The van der Waals surface area contributed by atoms with Gasteiger partial charge in [0.25, 0.3) is 0 Å². The second-order valence-electron chi connectivity index (χ2n) is 4.80. The van der Waals surface area contributed by atoms with E-state index in [2.05, 4.69) is 4.90 Å². The van der Waals surface area contributed by atoms with Crippen molar-refractivity contribution in [1.29, 1.82) is 0 Å². The molecule has 1 aromatic carbocycles. The third kappa shape index (κ3) is 3.19. The van der Waals surface area contributed by atoms with Gasteiger partial charge in [-0.1, -0.05) is 6.07 Å². The Kier molecular flexibility index (Phi) is 4.01. The van der Waals surface area contributed by atoms with Gasteiger partial charge in [0, 0.05) is 31.9 Å². The molecular weight excluding hydrogens is 257 g/mol. The molecule has 0 radical (unpaired) electrons. The third-order valence-electron chi connectivity index (χ3n) is 3.39. The predicted octanol–water partition coefficient (Wildman–Crippen LogP) is 1.95. The molecule has 6 heteroatoms. The number of piperazine rings is 1. The number of hydrogen-bond acceptors (Lipinski definition) is 3. The molecule has 0 atom stereocenters. The van der Waals surface area contributed by atoms with Crippen LogP contribution in [0.15, 0.2) is 18.2 Å². The van der Waals surface area contributed by atoms with E-state index in [0.717, 1.165) is 19.2 Å². The molecule has 1 aromatic rings. The normalized spacial score (nSPS) is 17.8. The zero-order chi connectivity index (χ0) is 14.0. The molecule has 0 aromatic heterocycles. The van der Waals surface area contributed by atoms with E-state index < -0.39 is 11.7 Å². The Balaban J connectivity index is 2.34. The van der Waals surface area contributed by atoms with Crippen LogP contribution < -0.4 is 4.90 Å². The van der Waals surface area contributed by atoms with Gasteiger partial charge in [-0.15, -0.1) is 0 Å². The van der Waals surface area contributed by atoms with Crippen molar-refractivity contribution < 1.29 is 18.3 Å². The number of hydrogen-bond donors (Lipinski definition) is 1. The number of halogens is 3. The summed E-state index contributed by atoms with van der Waals surface area (Å²) in [5.41, 5.74) is -0.174. The average Bonchev–Trinajstić information content (AvgIpc) is 2.38. The quantitative estimate of drug-likeness (QED) is 0.893. The van der Waals surface area contributed by atoms with Crippen LogP contribution in [0.5, 0.6) is 0 Å². The number of aliphatic hydroxyl groups is 1. The lowest BCUT2D eigenvalue weighted by Crippen LogP contribution is -2.45. The zero-order valence-corrected chi connectivity index (χ0v) is 10.7. The molecule has 1 heterocycles. The van der Waals surface area contributed by atoms with Gasteiger partial charge < -0.3 is 14.9 Å².